The number of carboxylic acids is 1. The van der Waals surface area contributed by atoms with Crippen molar-refractivity contribution >= 4 is 17.7 Å². The Morgan fingerprint density at radius 2 is 1.94 bits per heavy atom. The van der Waals surface area contributed by atoms with Crippen molar-refractivity contribution in [3.63, 3.8) is 0 Å². The summed E-state index contributed by atoms with van der Waals surface area (Å²) in [5.41, 5.74) is 2.82. The van der Waals surface area contributed by atoms with Crippen LogP contribution in [0.1, 0.15) is 11.1 Å². The van der Waals surface area contributed by atoms with E-state index in [0.29, 0.717) is 6.08 Å². The summed E-state index contributed by atoms with van der Waals surface area (Å²) in [5, 5.41) is 8.32. The molecule has 0 aliphatic rings. The zero-order valence-electron chi connectivity index (χ0n) is 8.25. The molecule has 0 unspecified atom stereocenters. The Morgan fingerprint density at radius 3 is 2.41 bits per heavy atom. The summed E-state index contributed by atoms with van der Waals surface area (Å²) in [6.45, 7) is 0. The quantitative estimate of drug-likeness (QED) is 0.481. The van der Waals surface area contributed by atoms with Gasteiger partial charge in [-0.3, -0.25) is 0 Å². The summed E-state index contributed by atoms with van der Waals surface area (Å²) in [4.78, 5) is 10.2. The average Bonchev–Trinajstić information content (AvgIpc) is 2.17. The predicted molar refractivity (Wildman–Crippen MR) is 52.5 cm³/mol. The van der Waals surface area contributed by atoms with Crippen molar-refractivity contribution in [2.45, 2.75) is 6.18 Å². The number of nitrogen functional groups attached to an aromatic ring is 1. The van der Waals surface area contributed by atoms with E-state index < -0.39 is 29.2 Å². The first-order chi connectivity index (χ1) is 7.71. The van der Waals surface area contributed by atoms with E-state index in [1.807, 2.05) is 0 Å². The first-order valence-electron chi connectivity index (χ1n) is 4.29. The summed E-state index contributed by atoms with van der Waals surface area (Å²) < 4.78 is 50.2. The average molecular weight is 249 g/mol. The van der Waals surface area contributed by atoms with E-state index in [1.54, 1.807) is 0 Å². The van der Waals surface area contributed by atoms with Crippen molar-refractivity contribution in [2.24, 2.45) is 0 Å². The van der Waals surface area contributed by atoms with Crippen LogP contribution >= 0.6 is 0 Å². The molecular weight excluding hydrogens is 242 g/mol. The van der Waals surface area contributed by atoms with Crippen LogP contribution in [0.5, 0.6) is 0 Å². The van der Waals surface area contributed by atoms with E-state index in [9.17, 15) is 22.4 Å². The molecule has 0 heterocycles. The molecule has 0 spiro atoms. The highest BCUT2D eigenvalue weighted by atomic mass is 19.4. The van der Waals surface area contributed by atoms with Gasteiger partial charge in [0.15, 0.2) is 0 Å². The highest BCUT2D eigenvalue weighted by Gasteiger charge is 2.34. The minimum absolute atomic E-state index is 0.257. The van der Waals surface area contributed by atoms with Crippen LogP contribution in [0.25, 0.3) is 6.08 Å². The number of anilines is 1. The largest absolute Gasteiger partial charge is 0.478 e. The number of nitrogens with two attached hydrogens (primary N) is 1. The van der Waals surface area contributed by atoms with Gasteiger partial charge in [0.05, 0.1) is 11.3 Å². The van der Waals surface area contributed by atoms with Gasteiger partial charge in [-0.25, -0.2) is 9.18 Å². The maximum Gasteiger partial charge on any atom is 0.418 e. The Labute approximate surface area is 93.2 Å². The maximum absolute atomic E-state index is 12.9. The van der Waals surface area contributed by atoms with Gasteiger partial charge in [-0.2, -0.15) is 13.2 Å². The smallest absolute Gasteiger partial charge is 0.418 e. The van der Waals surface area contributed by atoms with Gasteiger partial charge < -0.3 is 10.8 Å². The molecular formula is C10H7F4NO2. The molecule has 0 fully saturated rings. The summed E-state index contributed by atoms with van der Waals surface area (Å²) in [7, 11) is 0. The number of rotatable bonds is 2. The van der Waals surface area contributed by atoms with Gasteiger partial charge in [0, 0.05) is 11.6 Å². The molecule has 1 aromatic carbocycles. The van der Waals surface area contributed by atoms with Crippen LogP contribution in [-0.2, 0) is 11.0 Å². The Bertz CT molecular complexity index is 480. The predicted octanol–water partition coefficient (Wildman–Crippen LogP) is 2.52. The van der Waals surface area contributed by atoms with Gasteiger partial charge in [0.1, 0.15) is 5.82 Å². The highest BCUT2D eigenvalue weighted by molar-refractivity contribution is 5.87. The molecule has 0 aromatic heterocycles. The third-order valence-electron chi connectivity index (χ3n) is 1.89. The molecule has 92 valence electrons. The molecule has 1 rings (SSSR count). The van der Waals surface area contributed by atoms with Crippen molar-refractivity contribution in [3.05, 3.63) is 35.2 Å². The number of alkyl halides is 3. The van der Waals surface area contributed by atoms with Crippen LogP contribution in [0.15, 0.2) is 18.2 Å². The summed E-state index contributed by atoms with van der Waals surface area (Å²) in [5.74, 6) is -2.52. The minimum Gasteiger partial charge on any atom is -0.478 e. The normalized spacial score (nSPS) is 12.0. The zero-order valence-corrected chi connectivity index (χ0v) is 8.25. The SMILES string of the molecule is Nc1c(C=CC(=O)O)cc(F)cc1C(F)(F)F. The topological polar surface area (TPSA) is 63.3 Å². The molecule has 1 aromatic rings. The Kier molecular flexibility index (Phi) is 3.40. The molecule has 0 saturated carbocycles. The number of hydrogen-bond donors (Lipinski definition) is 2. The fourth-order valence-corrected chi connectivity index (χ4v) is 1.17. The standard InChI is InChI=1S/C10H7F4NO2/c11-6-3-5(1-2-8(16)17)9(15)7(4-6)10(12,13)14/h1-4H,15H2,(H,16,17). The number of halogens is 4. The second-order valence-electron chi connectivity index (χ2n) is 3.13. The molecule has 0 aliphatic carbocycles. The van der Waals surface area contributed by atoms with Crippen LogP contribution in [-0.4, -0.2) is 11.1 Å². The van der Waals surface area contributed by atoms with Crippen molar-refractivity contribution in [3.8, 4) is 0 Å². The number of carbonyl (C=O) groups is 1. The molecule has 17 heavy (non-hydrogen) atoms. The van der Waals surface area contributed by atoms with E-state index >= 15 is 0 Å². The van der Waals surface area contributed by atoms with Crippen LogP contribution in [0.4, 0.5) is 23.2 Å². The maximum atomic E-state index is 12.9. The zero-order chi connectivity index (χ0) is 13.2. The second kappa shape index (κ2) is 4.44. The molecule has 0 radical (unpaired) electrons. The number of hydrogen-bond acceptors (Lipinski definition) is 2. The highest BCUT2D eigenvalue weighted by Crippen LogP contribution is 2.36. The number of carboxylic acid groups (broad SMARTS) is 1. The minimum atomic E-state index is -4.79. The monoisotopic (exact) mass is 249 g/mol. The molecule has 7 heteroatoms. The molecule has 0 atom stereocenters. The Balaban J connectivity index is 3.34. The third-order valence-corrected chi connectivity index (χ3v) is 1.89. The van der Waals surface area contributed by atoms with Crippen LogP contribution < -0.4 is 5.73 Å². The molecule has 0 bridgehead atoms. The second-order valence-corrected chi connectivity index (χ2v) is 3.13. The number of benzene rings is 1. The van der Waals surface area contributed by atoms with Crippen molar-refractivity contribution in [1.29, 1.82) is 0 Å². The lowest BCUT2D eigenvalue weighted by atomic mass is 10.1. The first-order valence-corrected chi connectivity index (χ1v) is 4.29. The van der Waals surface area contributed by atoms with E-state index in [0.717, 1.165) is 12.1 Å². The van der Waals surface area contributed by atoms with Crippen molar-refractivity contribution in [2.75, 3.05) is 5.73 Å². The summed E-state index contributed by atoms with van der Waals surface area (Å²) >= 11 is 0. The molecule has 0 aliphatic heterocycles. The van der Waals surface area contributed by atoms with Gasteiger partial charge in [0.2, 0.25) is 0 Å². The Hall–Kier alpha value is -2.05. The van der Waals surface area contributed by atoms with E-state index in [1.165, 1.54) is 0 Å². The van der Waals surface area contributed by atoms with Crippen LogP contribution in [0.2, 0.25) is 0 Å². The van der Waals surface area contributed by atoms with Gasteiger partial charge in [0.25, 0.3) is 0 Å². The lowest BCUT2D eigenvalue weighted by Crippen LogP contribution is -2.10. The van der Waals surface area contributed by atoms with Gasteiger partial charge >= 0.3 is 12.1 Å². The fourth-order valence-electron chi connectivity index (χ4n) is 1.17. The van der Waals surface area contributed by atoms with E-state index in [-0.39, 0.29) is 11.6 Å². The van der Waals surface area contributed by atoms with E-state index in [2.05, 4.69) is 0 Å². The lowest BCUT2D eigenvalue weighted by Gasteiger charge is -2.12. The summed E-state index contributed by atoms with van der Waals surface area (Å²) in [6, 6.07) is 0.984. The van der Waals surface area contributed by atoms with Crippen molar-refractivity contribution in [1.82, 2.24) is 0 Å². The fraction of sp³-hybridized carbons (Fsp3) is 0.100. The van der Waals surface area contributed by atoms with E-state index in [4.69, 9.17) is 10.8 Å². The van der Waals surface area contributed by atoms with Crippen LogP contribution in [0, 0.1) is 5.82 Å². The molecule has 0 amide bonds. The van der Waals surface area contributed by atoms with Gasteiger partial charge in [-0.05, 0) is 18.2 Å². The van der Waals surface area contributed by atoms with Gasteiger partial charge in [-0.15, -0.1) is 0 Å². The lowest BCUT2D eigenvalue weighted by molar-refractivity contribution is -0.137. The molecule has 3 nitrogen and oxygen atoms in total. The van der Waals surface area contributed by atoms with Crippen molar-refractivity contribution < 1.29 is 27.5 Å². The van der Waals surface area contributed by atoms with Gasteiger partial charge in [-0.1, -0.05) is 0 Å². The van der Waals surface area contributed by atoms with Crippen LogP contribution in [0.3, 0.4) is 0 Å². The Morgan fingerprint density at radius 1 is 1.35 bits per heavy atom. The number of aliphatic carboxylic acids is 1. The molecule has 3 N–H and O–H groups in total. The third kappa shape index (κ3) is 3.20. The molecule has 0 saturated heterocycles. The summed E-state index contributed by atoms with van der Waals surface area (Å²) in [6.07, 6.45) is -3.42. The first kappa shape index (κ1) is 13.0.